The molecule has 1 saturated heterocycles. The first-order chi connectivity index (χ1) is 9.79. The zero-order valence-electron chi connectivity index (χ0n) is 11.9. The van der Waals surface area contributed by atoms with Crippen LogP contribution in [0.1, 0.15) is 18.5 Å². The highest BCUT2D eigenvalue weighted by Gasteiger charge is 2.34. The average molecular weight is 302 g/mol. The van der Waals surface area contributed by atoms with Crippen LogP contribution in [0.4, 0.5) is 19.1 Å². The molecule has 0 bridgehead atoms. The highest BCUT2D eigenvalue weighted by Crippen LogP contribution is 2.29. The van der Waals surface area contributed by atoms with E-state index in [2.05, 4.69) is 9.97 Å². The number of hydrogen-bond donors (Lipinski definition) is 0. The number of amides is 1. The maximum Gasteiger partial charge on any atom is 0.433 e. The van der Waals surface area contributed by atoms with Crippen LogP contribution in [0.15, 0.2) is 12.3 Å². The van der Waals surface area contributed by atoms with Gasteiger partial charge in [0.15, 0.2) is 0 Å². The summed E-state index contributed by atoms with van der Waals surface area (Å²) in [7, 11) is 3.40. The first kappa shape index (κ1) is 15.5. The van der Waals surface area contributed by atoms with Crippen molar-refractivity contribution < 1.29 is 18.0 Å². The molecule has 1 amide bonds. The quantitative estimate of drug-likeness (QED) is 0.836. The van der Waals surface area contributed by atoms with Gasteiger partial charge in [0.05, 0.1) is 0 Å². The lowest BCUT2D eigenvalue weighted by atomic mass is 9.96. The van der Waals surface area contributed by atoms with Crippen molar-refractivity contribution >= 4 is 11.9 Å². The maximum absolute atomic E-state index is 12.6. The smallest absolute Gasteiger partial charge is 0.349 e. The summed E-state index contributed by atoms with van der Waals surface area (Å²) < 4.78 is 37.9. The summed E-state index contributed by atoms with van der Waals surface area (Å²) in [6.45, 7) is 0.955. The van der Waals surface area contributed by atoms with Gasteiger partial charge in [-0.05, 0) is 18.9 Å². The van der Waals surface area contributed by atoms with E-state index >= 15 is 0 Å². The van der Waals surface area contributed by atoms with Crippen molar-refractivity contribution in [3.05, 3.63) is 18.0 Å². The fourth-order valence-electron chi connectivity index (χ4n) is 2.35. The van der Waals surface area contributed by atoms with Crippen LogP contribution >= 0.6 is 0 Å². The van der Waals surface area contributed by atoms with Crippen LogP contribution in [-0.2, 0) is 11.0 Å². The van der Waals surface area contributed by atoms with Gasteiger partial charge in [-0.15, -0.1) is 0 Å². The fraction of sp³-hybridized carbons (Fsp3) is 0.615. The molecule has 2 rings (SSSR count). The van der Waals surface area contributed by atoms with Gasteiger partial charge in [-0.3, -0.25) is 4.79 Å². The fourth-order valence-corrected chi connectivity index (χ4v) is 2.35. The zero-order chi connectivity index (χ0) is 15.6. The lowest BCUT2D eigenvalue weighted by Gasteiger charge is -2.32. The minimum atomic E-state index is -4.48. The number of alkyl halides is 3. The maximum atomic E-state index is 12.6. The van der Waals surface area contributed by atoms with Crippen molar-refractivity contribution in [3.8, 4) is 0 Å². The molecule has 1 aliphatic rings. The highest BCUT2D eigenvalue weighted by molar-refractivity contribution is 5.78. The molecule has 116 valence electrons. The summed E-state index contributed by atoms with van der Waals surface area (Å²) in [6, 6.07) is 0.853. The minimum Gasteiger partial charge on any atom is -0.349 e. The Morgan fingerprint density at radius 2 is 1.95 bits per heavy atom. The standard InChI is InChI=1S/C13H17F3N4O/c1-19(2)11(21)9-4-7-20(8-5-9)12-17-6-3-10(18-12)13(14,15)16/h3,6,9H,4-5,7-8H2,1-2H3. The van der Waals surface area contributed by atoms with Crippen LogP contribution in [0.5, 0.6) is 0 Å². The zero-order valence-corrected chi connectivity index (χ0v) is 11.9. The summed E-state index contributed by atoms with van der Waals surface area (Å²) in [5.74, 6) is 0.0437. The van der Waals surface area contributed by atoms with E-state index in [1.165, 1.54) is 0 Å². The summed E-state index contributed by atoms with van der Waals surface area (Å²) in [5, 5.41) is 0. The lowest BCUT2D eigenvalue weighted by Crippen LogP contribution is -2.40. The largest absolute Gasteiger partial charge is 0.433 e. The predicted octanol–water partition coefficient (Wildman–Crippen LogP) is 1.80. The Hall–Kier alpha value is -1.86. The van der Waals surface area contributed by atoms with Gasteiger partial charge in [-0.25, -0.2) is 9.97 Å². The number of anilines is 1. The second kappa shape index (κ2) is 5.87. The molecule has 0 atom stereocenters. The van der Waals surface area contributed by atoms with E-state index < -0.39 is 11.9 Å². The van der Waals surface area contributed by atoms with Gasteiger partial charge in [-0.1, -0.05) is 0 Å². The topological polar surface area (TPSA) is 49.3 Å². The molecule has 2 heterocycles. The third kappa shape index (κ3) is 3.62. The molecule has 5 nitrogen and oxygen atoms in total. The summed E-state index contributed by atoms with van der Waals surface area (Å²) >= 11 is 0. The average Bonchev–Trinajstić information content (AvgIpc) is 2.46. The molecule has 0 saturated carbocycles. The number of carbonyl (C=O) groups excluding carboxylic acids is 1. The van der Waals surface area contributed by atoms with Gasteiger partial charge in [0.2, 0.25) is 11.9 Å². The van der Waals surface area contributed by atoms with Crippen molar-refractivity contribution in [1.82, 2.24) is 14.9 Å². The molecule has 0 N–H and O–H groups in total. The van der Waals surface area contributed by atoms with Gasteiger partial charge >= 0.3 is 6.18 Å². The molecule has 0 spiro atoms. The van der Waals surface area contributed by atoms with Gasteiger partial charge in [0.1, 0.15) is 5.69 Å². The van der Waals surface area contributed by atoms with Crippen LogP contribution < -0.4 is 4.90 Å². The molecule has 0 aliphatic carbocycles. The third-order valence-electron chi connectivity index (χ3n) is 3.50. The Kier molecular flexibility index (Phi) is 4.34. The van der Waals surface area contributed by atoms with E-state index in [9.17, 15) is 18.0 Å². The molecule has 0 radical (unpaired) electrons. The number of aromatic nitrogens is 2. The van der Waals surface area contributed by atoms with E-state index in [-0.39, 0.29) is 17.8 Å². The van der Waals surface area contributed by atoms with Crippen molar-refractivity contribution in [2.24, 2.45) is 5.92 Å². The molecule has 8 heteroatoms. The molecule has 21 heavy (non-hydrogen) atoms. The highest BCUT2D eigenvalue weighted by atomic mass is 19.4. The normalized spacial score (nSPS) is 16.9. The van der Waals surface area contributed by atoms with Crippen LogP contribution in [0.25, 0.3) is 0 Å². The first-order valence-electron chi connectivity index (χ1n) is 6.65. The van der Waals surface area contributed by atoms with Crippen molar-refractivity contribution in [1.29, 1.82) is 0 Å². The Morgan fingerprint density at radius 3 is 2.48 bits per heavy atom. The SMILES string of the molecule is CN(C)C(=O)C1CCN(c2nccc(C(F)(F)F)n2)CC1. The van der Waals surface area contributed by atoms with E-state index in [4.69, 9.17) is 0 Å². The number of piperidine rings is 1. The molecule has 1 fully saturated rings. The Morgan fingerprint density at radius 1 is 1.33 bits per heavy atom. The van der Waals surface area contributed by atoms with Crippen LogP contribution in [-0.4, -0.2) is 48.0 Å². The minimum absolute atomic E-state index is 0.0552. The Balaban J connectivity index is 2.04. The van der Waals surface area contributed by atoms with E-state index in [1.807, 2.05) is 0 Å². The van der Waals surface area contributed by atoms with Crippen molar-refractivity contribution in [3.63, 3.8) is 0 Å². The van der Waals surface area contributed by atoms with Crippen LogP contribution in [0, 0.1) is 5.92 Å². The summed E-state index contributed by atoms with van der Waals surface area (Å²) in [5.41, 5.74) is -0.945. The number of nitrogens with zero attached hydrogens (tertiary/aromatic N) is 4. The second-order valence-electron chi connectivity index (χ2n) is 5.23. The second-order valence-corrected chi connectivity index (χ2v) is 5.23. The van der Waals surface area contributed by atoms with E-state index in [1.54, 1.807) is 23.9 Å². The van der Waals surface area contributed by atoms with E-state index in [0.29, 0.717) is 25.9 Å². The van der Waals surface area contributed by atoms with Crippen molar-refractivity contribution in [2.75, 3.05) is 32.1 Å². The molecule has 0 aromatic carbocycles. The first-order valence-corrected chi connectivity index (χ1v) is 6.65. The molecule has 0 unspecified atom stereocenters. The number of carbonyl (C=O) groups is 1. The Bertz CT molecular complexity index is 510. The Labute approximate surface area is 120 Å². The molecule has 1 aliphatic heterocycles. The lowest BCUT2D eigenvalue weighted by molar-refractivity contribution is -0.141. The van der Waals surface area contributed by atoms with E-state index in [0.717, 1.165) is 12.3 Å². The number of hydrogen-bond acceptors (Lipinski definition) is 4. The van der Waals surface area contributed by atoms with Crippen LogP contribution in [0.3, 0.4) is 0 Å². The van der Waals surface area contributed by atoms with Gasteiger partial charge in [-0.2, -0.15) is 13.2 Å². The van der Waals surface area contributed by atoms with Gasteiger partial charge < -0.3 is 9.80 Å². The number of halogens is 3. The summed E-state index contributed by atoms with van der Waals surface area (Å²) in [6.07, 6.45) is -2.17. The predicted molar refractivity (Wildman–Crippen MR) is 70.7 cm³/mol. The van der Waals surface area contributed by atoms with Crippen LogP contribution in [0.2, 0.25) is 0 Å². The monoisotopic (exact) mass is 302 g/mol. The molecule has 1 aromatic rings. The van der Waals surface area contributed by atoms with Crippen molar-refractivity contribution in [2.45, 2.75) is 19.0 Å². The molecular weight excluding hydrogens is 285 g/mol. The van der Waals surface area contributed by atoms with Gasteiger partial charge in [0, 0.05) is 39.3 Å². The third-order valence-corrected chi connectivity index (χ3v) is 3.50. The number of rotatable bonds is 2. The molecule has 1 aromatic heterocycles. The molecular formula is C13H17F3N4O. The van der Waals surface area contributed by atoms with Gasteiger partial charge in [0.25, 0.3) is 0 Å². The summed E-state index contributed by atoms with van der Waals surface area (Å²) in [4.78, 5) is 22.6.